The Morgan fingerprint density at radius 2 is 1.85 bits per heavy atom. The predicted molar refractivity (Wildman–Crippen MR) is 45.5 cm³/mol. The summed E-state index contributed by atoms with van der Waals surface area (Å²) in [7, 11) is 0. The van der Waals surface area contributed by atoms with Gasteiger partial charge >= 0.3 is 0 Å². The topological polar surface area (TPSA) is 43.2 Å². The van der Waals surface area contributed by atoms with E-state index in [0.29, 0.717) is 6.04 Å². The highest BCUT2D eigenvalue weighted by Crippen LogP contribution is 2.40. The van der Waals surface area contributed by atoms with E-state index in [2.05, 4.69) is 10.2 Å². The van der Waals surface area contributed by atoms with Gasteiger partial charge in [0, 0.05) is 6.42 Å². The first-order valence-corrected chi connectivity index (χ1v) is 5.07. The Labute approximate surface area is 77.3 Å². The summed E-state index contributed by atoms with van der Waals surface area (Å²) in [5.74, 6) is -0.394. The van der Waals surface area contributed by atoms with E-state index < -0.39 is 5.79 Å². The Morgan fingerprint density at radius 1 is 1.00 bits per heavy atom. The first kappa shape index (κ1) is 7.88. The summed E-state index contributed by atoms with van der Waals surface area (Å²) >= 11 is 0. The summed E-state index contributed by atoms with van der Waals surface area (Å²) in [6.45, 7) is 1.44. The summed E-state index contributed by atoms with van der Waals surface area (Å²) < 4.78 is 11.4. The number of azo groups is 1. The van der Waals surface area contributed by atoms with Crippen LogP contribution in [0.5, 0.6) is 0 Å². The van der Waals surface area contributed by atoms with E-state index in [1.165, 1.54) is 0 Å². The van der Waals surface area contributed by atoms with Gasteiger partial charge in [-0.1, -0.05) is 0 Å². The zero-order valence-corrected chi connectivity index (χ0v) is 7.61. The zero-order valence-electron chi connectivity index (χ0n) is 7.61. The van der Waals surface area contributed by atoms with Crippen molar-refractivity contribution in [2.24, 2.45) is 10.2 Å². The van der Waals surface area contributed by atoms with E-state index in [0.717, 1.165) is 38.9 Å². The Kier molecular flexibility index (Phi) is 1.67. The number of ether oxygens (including phenoxy) is 2. The van der Waals surface area contributed by atoms with Crippen molar-refractivity contribution in [3.05, 3.63) is 0 Å². The average molecular weight is 182 g/mol. The molecule has 0 N–H and O–H groups in total. The summed E-state index contributed by atoms with van der Waals surface area (Å²) in [4.78, 5) is 0. The minimum absolute atomic E-state index is 0.161. The maximum atomic E-state index is 5.72. The van der Waals surface area contributed by atoms with Crippen LogP contribution in [-0.2, 0) is 9.47 Å². The van der Waals surface area contributed by atoms with E-state index in [4.69, 9.17) is 9.47 Å². The van der Waals surface area contributed by atoms with Crippen molar-refractivity contribution < 1.29 is 9.47 Å². The van der Waals surface area contributed by atoms with Crippen LogP contribution in [0.1, 0.15) is 25.7 Å². The van der Waals surface area contributed by atoms with E-state index in [9.17, 15) is 0 Å². The highest BCUT2D eigenvalue weighted by molar-refractivity contribution is 4.95. The first-order chi connectivity index (χ1) is 6.39. The minimum Gasteiger partial charge on any atom is -0.345 e. The standard InChI is InChI=1S/C9H14N2O2/c1-2-8-9(12-5-6-13-9)4-3-7(1)10-11-8/h7-8H,1-6H2. The quantitative estimate of drug-likeness (QED) is 0.570. The molecule has 0 radical (unpaired) electrons. The number of rotatable bonds is 0. The van der Waals surface area contributed by atoms with Crippen LogP contribution < -0.4 is 0 Å². The van der Waals surface area contributed by atoms with Gasteiger partial charge in [0.15, 0.2) is 5.79 Å². The lowest BCUT2D eigenvalue weighted by molar-refractivity contribution is -0.175. The molecule has 3 heterocycles. The van der Waals surface area contributed by atoms with Crippen LogP contribution in [0.15, 0.2) is 10.2 Å². The molecule has 1 saturated heterocycles. The minimum atomic E-state index is -0.394. The summed E-state index contributed by atoms with van der Waals surface area (Å²) in [5.41, 5.74) is 0. The maximum Gasteiger partial charge on any atom is 0.192 e. The molecule has 1 aliphatic carbocycles. The van der Waals surface area contributed by atoms with Gasteiger partial charge in [-0.3, -0.25) is 0 Å². The monoisotopic (exact) mass is 182 g/mol. The molecule has 3 aliphatic heterocycles. The van der Waals surface area contributed by atoms with E-state index in [1.807, 2.05) is 0 Å². The molecule has 0 aromatic carbocycles. The Morgan fingerprint density at radius 3 is 2.54 bits per heavy atom. The highest BCUT2D eigenvalue weighted by atomic mass is 16.7. The van der Waals surface area contributed by atoms with Gasteiger partial charge in [0.05, 0.1) is 19.3 Å². The number of hydrogen-bond acceptors (Lipinski definition) is 4. The fraction of sp³-hybridized carbons (Fsp3) is 1.00. The third-order valence-electron chi connectivity index (χ3n) is 3.25. The van der Waals surface area contributed by atoms with Crippen molar-refractivity contribution in [3.63, 3.8) is 0 Å². The molecule has 2 unspecified atom stereocenters. The maximum absolute atomic E-state index is 5.72. The smallest absolute Gasteiger partial charge is 0.192 e. The number of hydrogen-bond donors (Lipinski definition) is 0. The largest absolute Gasteiger partial charge is 0.345 e. The SMILES string of the molecule is C1COC2(CCC3CCC2N=N3)O1. The summed E-state index contributed by atoms with van der Waals surface area (Å²) in [6, 6.07) is 0.595. The van der Waals surface area contributed by atoms with E-state index in [1.54, 1.807) is 0 Å². The van der Waals surface area contributed by atoms with Gasteiger partial charge in [0.1, 0.15) is 6.04 Å². The molecule has 4 heteroatoms. The predicted octanol–water partition coefficient (Wildman–Crippen LogP) is 1.51. The molecule has 4 nitrogen and oxygen atoms in total. The second-order valence-corrected chi connectivity index (χ2v) is 4.03. The van der Waals surface area contributed by atoms with Gasteiger partial charge in [0.25, 0.3) is 0 Å². The molecule has 2 atom stereocenters. The molecule has 1 saturated carbocycles. The second kappa shape index (κ2) is 2.75. The summed E-state index contributed by atoms with van der Waals surface area (Å²) in [6.07, 6.45) is 4.27. The number of fused-ring (bicyclic) bond motifs is 2. The van der Waals surface area contributed by atoms with Crippen molar-refractivity contribution in [3.8, 4) is 0 Å². The molecule has 4 rings (SSSR count). The molecule has 13 heavy (non-hydrogen) atoms. The van der Waals surface area contributed by atoms with Crippen molar-refractivity contribution in [1.29, 1.82) is 0 Å². The fourth-order valence-corrected chi connectivity index (χ4v) is 2.49. The van der Waals surface area contributed by atoms with E-state index >= 15 is 0 Å². The van der Waals surface area contributed by atoms with E-state index in [-0.39, 0.29) is 6.04 Å². The molecule has 2 fully saturated rings. The molecule has 4 aliphatic rings. The van der Waals surface area contributed by atoms with Gasteiger partial charge in [-0.15, -0.1) is 0 Å². The molecular formula is C9H14N2O2. The average Bonchev–Trinajstić information content (AvgIpc) is 2.51. The van der Waals surface area contributed by atoms with Gasteiger partial charge in [-0.25, -0.2) is 0 Å². The Hall–Kier alpha value is -0.480. The van der Waals surface area contributed by atoms with Gasteiger partial charge in [0.2, 0.25) is 0 Å². The zero-order chi connectivity index (χ0) is 8.73. The van der Waals surface area contributed by atoms with Gasteiger partial charge in [-0.2, -0.15) is 10.2 Å². The molecule has 0 amide bonds. The lowest BCUT2D eigenvalue weighted by Crippen LogP contribution is -2.41. The molecule has 2 bridgehead atoms. The van der Waals surface area contributed by atoms with Crippen molar-refractivity contribution in [1.82, 2.24) is 0 Å². The normalized spacial score (nSPS) is 41.2. The van der Waals surface area contributed by atoms with Crippen LogP contribution in [0.25, 0.3) is 0 Å². The molecule has 0 aromatic rings. The molecule has 72 valence electrons. The Balaban J connectivity index is 1.92. The second-order valence-electron chi connectivity index (χ2n) is 4.03. The lowest BCUT2D eigenvalue weighted by Gasteiger charge is -2.30. The Bertz CT molecular complexity index is 236. The van der Waals surface area contributed by atoms with Crippen LogP contribution in [0.4, 0.5) is 0 Å². The first-order valence-electron chi connectivity index (χ1n) is 5.07. The number of nitrogens with zero attached hydrogens (tertiary/aromatic N) is 2. The third kappa shape index (κ3) is 1.12. The van der Waals surface area contributed by atoms with Crippen molar-refractivity contribution in [2.45, 2.75) is 43.6 Å². The van der Waals surface area contributed by atoms with Crippen LogP contribution >= 0.6 is 0 Å². The highest BCUT2D eigenvalue weighted by Gasteiger charge is 2.48. The van der Waals surface area contributed by atoms with Crippen LogP contribution in [0.2, 0.25) is 0 Å². The third-order valence-corrected chi connectivity index (χ3v) is 3.25. The van der Waals surface area contributed by atoms with Crippen LogP contribution in [0, 0.1) is 0 Å². The summed E-state index contributed by atoms with van der Waals surface area (Å²) in [5, 5.41) is 8.58. The van der Waals surface area contributed by atoms with Crippen LogP contribution in [-0.4, -0.2) is 31.1 Å². The fourth-order valence-electron chi connectivity index (χ4n) is 2.49. The van der Waals surface area contributed by atoms with Crippen molar-refractivity contribution in [2.75, 3.05) is 13.2 Å². The molecule has 1 spiro atoms. The lowest BCUT2D eigenvalue weighted by atomic mass is 10.0. The van der Waals surface area contributed by atoms with Gasteiger partial charge in [-0.05, 0) is 19.3 Å². The molecular weight excluding hydrogens is 168 g/mol. The van der Waals surface area contributed by atoms with Crippen molar-refractivity contribution >= 4 is 0 Å². The molecule has 0 aromatic heterocycles. The van der Waals surface area contributed by atoms with Gasteiger partial charge < -0.3 is 9.47 Å². The van der Waals surface area contributed by atoms with Crippen LogP contribution in [0.3, 0.4) is 0 Å².